The van der Waals surface area contributed by atoms with Gasteiger partial charge in [0.1, 0.15) is 12.1 Å². The zero-order valence-corrected chi connectivity index (χ0v) is 15.9. The van der Waals surface area contributed by atoms with Crippen LogP contribution >= 0.6 is 0 Å². The number of nitrogens with zero attached hydrogens (tertiary/aromatic N) is 3. The Morgan fingerprint density at radius 1 is 1.14 bits per heavy atom. The minimum Gasteiger partial charge on any atom is -0.352 e. The Labute approximate surface area is 163 Å². The first kappa shape index (κ1) is 19.3. The van der Waals surface area contributed by atoms with E-state index in [2.05, 4.69) is 20.6 Å². The van der Waals surface area contributed by atoms with Crippen LogP contribution in [-0.4, -0.2) is 26.3 Å². The van der Waals surface area contributed by atoms with Crippen LogP contribution in [0.4, 0.5) is 0 Å². The molecule has 0 saturated carbocycles. The first-order chi connectivity index (χ1) is 13.5. The molecule has 1 atom stereocenters. The van der Waals surface area contributed by atoms with Gasteiger partial charge in [-0.3, -0.25) is 14.2 Å². The standard InChI is InChI=1S/C21H23N5O2/c1-15-5-7-17(8-6-15)19(25-16(2)27)12-20(28)24-13-18-4-3-9-23-21(18)26-11-10-22-14-26/h3-11,14,19H,12-13H2,1-2H3,(H,24,28)(H,25,27). The lowest BCUT2D eigenvalue weighted by molar-refractivity contribution is -0.122. The SMILES string of the molecule is CC(=O)NC(CC(=O)NCc1cccnc1-n1ccnc1)c1ccc(C)cc1. The molecule has 0 aliphatic carbocycles. The quantitative estimate of drug-likeness (QED) is 0.662. The Balaban J connectivity index is 1.67. The van der Waals surface area contributed by atoms with E-state index in [0.29, 0.717) is 6.54 Å². The van der Waals surface area contributed by atoms with Gasteiger partial charge in [-0.15, -0.1) is 0 Å². The fourth-order valence-electron chi connectivity index (χ4n) is 2.93. The van der Waals surface area contributed by atoms with Gasteiger partial charge in [0.25, 0.3) is 0 Å². The summed E-state index contributed by atoms with van der Waals surface area (Å²) in [6.45, 7) is 3.78. The molecule has 2 amide bonds. The zero-order chi connectivity index (χ0) is 19.9. The number of carbonyl (C=O) groups is 2. The van der Waals surface area contributed by atoms with Crippen molar-refractivity contribution in [2.75, 3.05) is 0 Å². The van der Waals surface area contributed by atoms with Gasteiger partial charge in [0, 0.05) is 37.6 Å². The predicted molar refractivity (Wildman–Crippen MR) is 106 cm³/mol. The number of pyridine rings is 1. The lowest BCUT2D eigenvalue weighted by atomic mass is 10.0. The highest BCUT2D eigenvalue weighted by Crippen LogP contribution is 2.18. The number of hydrogen-bond acceptors (Lipinski definition) is 4. The van der Waals surface area contributed by atoms with E-state index in [4.69, 9.17) is 0 Å². The van der Waals surface area contributed by atoms with Crippen molar-refractivity contribution >= 4 is 11.8 Å². The molecule has 0 spiro atoms. The summed E-state index contributed by atoms with van der Waals surface area (Å²) in [4.78, 5) is 32.5. The van der Waals surface area contributed by atoms with E-state index in [1.54, 1.807) is 29.5 Å². The van der Waals surface area contributed by atoms with E-state index in [9.17, 15) is 9.59 Å². The van der Waals surface area contributed by atoms with Crippen molar-refractivity contribution in [3.63, 3.8) is 0 Å². The van der Waals surface area contributed by atoms with Gasteiger partial charge in [0.15, 0.2) is 0 Å². The molecule has 1 unspecified atom stereocenters. The van der Waals surface area contributed by atoms with Crippen LogP contribution in [0.3, 0.4) is 0 Å². The maximum absolute atomic E-state index is 12.5. The van der Waals surface area contributed by atoms with Crippen LogP contribution in [0.5, 0.6) is 0 Å². The first-order valence-electron chi connectivity index (χ1n) is 9.05. The highest BCUT2D eigenvalue weighted by atomic mass is 16.2. The molecule has 0 aliphatic rings. The van der Waals surface area contributed by atoms with Crippen LogP contribution in [0.25, 0.3) is 5.82 Å². The van der Waals surface area contributed by atoms with Crippen molar-refractivity contribution in [3.05, 3.63) is 78.0 Å². The van der Waals surface area contributed by atoms with Gasteiger partial charge in [-0.05, 0) is 18.6 Å². The number of amides is 2. The van der Waals surface area contributed by atoms with Crippen LogP contribution in [-0.2, 0) is 16.1 Å². The van der Waals surface area contributed by atoms with Gasteiger partial charge in [-0.25, -0.2) is 9.97 Å². The molecule has 0 aliphatic heterocycles. The highest BCUT2D eigenvalue weighted by molar-refractivity contribution is 5.79. The third-order valence-electron chi connectivity index (χ3n) is 4.34. The molecule has 7 heteroatoms. The smallest absolute Gasteiger partial charge is 0.222 e. The molecule has 2 aromatic heterocycles. The summed E-state index contributed by atoms with van der Waals surface area (Å²) >= 11 is 0. The maximum atomic E-state index is 12.5. The number of imidazole rings is 1. The average molecular weight is 377 g/mol. The van der Waals surface area contributed by atoms with Gasteiger partial charge in [0.2, 0.25) is 11.8 Å². The van der Waals surface area contributed by atoms with Crippen LogP contribution in [0.15, 0.2) is 61.3 Å². The second-order valence-electron chi connectivity index (χ2n) is 6.60. The summed E-state index contributed by atoms with van der Waals surface area (Å²) in [6, 6.07) is 11.2. The number of aromatic nitrogens is 3. The first-order valence-corrected chi connectivity index (χ1v) is 9.05. The molecule has 2 N–H and O–H groups in total. The minimum atomic E-state index is -0.375. The van der Waals surface area contributed by atoms with E-state index in [0.717, 1.165) is 22.5 Å². The Morgan fingerprint density at radius 3 is 2.61 bits per heavy atom. The van der Waals surface area contributed by atoms with Crippen molar-refractivity contribution < 1.29 is 9.59 Å². The van der Waals surface area contributed by atoms with Crippen LogP contribution in [0.2, 0.25) is 0 Å². The Bertz CT molecular complexity index is 936. The summed E-state index contributed by atoms with van der Waals surface area (Å²) in [5, 5.41) is 5.78. The number of nitrogens with one attached hydrogen (secondary N) is 2. The average Bonchev–Trinajstić information content (AvgIpc) is 3.21. The molecule has 1 aromatic carbocycles. The largest absolute Gasteiger partial charge is 0.352 e. The number of hydrogen-bond donors (Lipinski definition) is 2. The van der Waals surface area contributed by atoms with Crippen molar-refractivity contribution in [1.29, 1.82) is 0 Å². The molecule has 0 fully saturated rings. The third kappa shape index (κ3) is 5.03. The Hall–Kier alpha value is -3.48. The number of rotatable bonds is 7. The normalized spacial score (nSPS) is 11.6. The second-order valence-corrected chi connectivity index (χ2v) is 6.60. The van der Waals surface area contributed by atoms with Crippen molar-refractivity contribution in [2.24, 2.45) is 0 Å². The van der Waals surface area contributed by atoms with E-state index >= 15 is 0 Å². The van der Waals surface area contributed by atoms with Gasteiger partial charge in [-0.1, -0.05) is 35.9 Å². The van der Waals surface area contributed by atoms with Crippen molar-refractivity contribution in [1.82, 2.24) is 25.2 Å². The number of benzene rings is 1. The summed E-state index contributed by atoms with van der Waals surface area (Å²) in [5.74, 6) is 0.394. The minimum absolute atomic E-state index is 0.153. The molecule has 0 saturated heterocycles. The van der Waals surface area contributed by atoms with Crippen LogP contribution in [0, 0.1) is 6.92 Å². The molecular weight excluding hydrogens is 354 g/mol. The zero-order valence-electron chi connectivity index (χ0n) is 15.9. The van der Waals surface area contributed by atoms with E-state index in [1.165, 1.54) is 6.92 Å². The predicted octanol–water partition coefficient (Wildman–Crippen LogP) is 2.46. The molecule has 3 aromatic rings. The molecule has 7 nitrogen and oxygen atoms in total. The van der Waals surface area contributed by atoms with E-state index in [-0.39, 0.29) is 24.3 Å². The highest BCUT2D eigenvalue weighted by Gasteiger charge is 2.17. The Morgan fingerprint density at radius 2 is 1.93 bits per heavy atom. The monoisotopic (exact) mass is 377 g/mol. The fourth-order valence-corrected chi connectivity index (χ4v) is 2.93. The fraction of sp³-hybridized carbons (Fsp3) is 0.238. The van der Waals surface area contributed by atoms with Crippen LogP contribution in [0.1, 0.15) is 36.1 Å². The molecule has 144 valence electrons. The maximum Gasteiger partial charge on any atom is 0.222 e. The van der Waals surface area contributed by atoms with E-state index < -0.39 is 0 Å². The van der Waals surface area contributed by atoms with Gasteiger partial charge < -0.3 is 10.6 Å². The summed E-state index contributed by atoms with van der Waals surface area (Å²) in [6.07, 6.45) is 7.00. The van der Waals surface area contributed by atoms with E-state index in [1.807, 2.05) is 43.3 Å². The van der Waals surface area contributed by atoms with Gasteiger partial charge in [-0.2, -0.15) is 0 Å². The van der Waals surface area contributed by atoms with Crippen molar-refractivity contribution in [3.8, 4) is 5.82 Å². The molecule has 0 bridgehead atoms. The lowest BCUT2D eigenvalue weighted by Crippen LogP contribution is -2.32. The van der Waals surface area contributed by atoms with Crippen LogP contribution < -0.4 is 10.6 Å². The number of aryl methyl sites for hydroxylation is 1. The summed E-state index contributed by atoms with van der Waals surface area (Å²) in [7, 11) is 0. The van der Waals surface area contributed by atoms with Gasteiger partial charge >= 0.3 is 0 Å². The summed E-state index contributed by atoms with van der Waals surface area (Å²) in [5.41, 5.74) is 2.90. The third-order valence-corrected chi connectivity index (χ3v) is 4.34. The van der Waals surface area contributed by atoms with Crippen molar-refractivity contribution in [2.45, 2.75) is 32.9 Å². The topological polar surface area (TPSA) is 88.9 Å². The Kier molecular flexibility index (Phi) is 6.16. The molecular formula is C21H23N5O2. The summed E-state index contributed by atoms with van der Waals surface area (Å²) < 4.78 is 1.80. The van der Waals surface area contributed by atoms with Gasteiger partial charge in [0.05, 0.1) is 12.5 Å². The molecule has 2 heterocycles. The molecule has 28 heavy (non-hydrogen) atoms. The molecule has 3 rings (SSSR count). The number of carbonyl (C=O) groups excluding carboxylic acids is 2. The molecule has 0 radical (unpaired) electrons. The second kappa shape index (κ2) is 8.94. The lowest BCUT2D eigenvalue weighted by Gasteiger charge is -2.18.